The standard InChI is InChI=1S/C10H11N3O3S/c1-6-4-16-10(12-6)17-5-7-2-3-15-8(7)9(14)13-11/h2-4H,5,11H2,1H3,(H,13,14). The van der Waals surface area contributed by atoms with Gasteiger partial charge in [-0.2, -0.15) is 0 Å². The van der Waals surface area contributed by atoms with Crippen LogP contribution >= 0.6 is 11.8 Å². The third kappa shape index (κ3) is 2.69. The van der Waals surface area contributed by atoms with Crippen LogP contribution in [0.2, 0.25) is 0 Å². The van der Waals surface area contributed by atoms with Gasteiger partial charge in [0.2, 0.25) is 0 Å². The van der Waals surface area contributed by atoms with Crippen molar-refractivity contribution in [1.29, 1.82) is 0 Å². The van der Waals surface area contributed by atoms with Crippen LogP contribution in [-0.4, -0.2) is 10.9 Å². The molecule has 0 aromatic carbocycles. The lowest BCUT2D eigenvalue weighted by molar-refractivity contribution is 0.0925. The molecule has 17 heavy (non-hydrogen) atoms. The van der Waals surface area contributed by atoms with Gasteiger partial charge in [0.25, 0.3) is 5.22 Å². The Hall–Kier alpha value is -1.73. The van der Waals surface area contributed by atoms with Crippen molar-refractivity contribution in [2.45, 2.75) is 17.9 Å². The van der Waals surface area contributed by atoms with E-state index in [0.29, 0.717) is 11.0 Å². The van der Waals surface area contributed by atoms with E-state index in [1.165, 1.54) is 18.0 Å². The van der Waals surface area contributed by atoms with Crippen LogP contribution in [0.1, 0.15) is 21.8 Å². The topological polar surface area (TPSA) is 94.3 Å². The number of nitrogens with one attached hydrogen (secondary N) is 1. The molecule has 3 N–H and O–H groups in total. The van der Waals surface area contributed by atoms with Crippen LogP contribution in [-0.2, 0) is 5.75 Å². The van der Waals surface area contributed by atoms with E-state index >= 15 is 0 Å². The number of nitrogens with zero attached hydrogens (tertiary/aromatic N) is 1. The Kier molecular flexibility index (Phi) is 3.50. The van der Waals surface area contributed by atoms with E-state index < -0.39 is 5.91 Å². The lowest BCUT2D eigenvalue weighted by atomic mass is 10.3. The van der Waals surface area contributed by atoms with Crippen molar-refractivity contribution in [3.05, 3.63) is 35.6 Å². The van der Waals surface area contributed by atoms with Crippen molar-refractivity contribution in [3.63, 3.8) is 0 Å². The van der Waals surface area contributed by atoms with E-state index in [1.807, 2.05) is 12.3 Å². The quantitative estimate of drug-likeness (QED) is 0.371. The number of carbonyl (C=O) groups excluding carboxylic acids is 1. The van der Waals surface area contributed by atoms with Crippen LogP contribution in [0.4, 0.5) is 0 Å². The minimum Gasteiger partial charge on any atom is -0.459 e. The third-order valence-electron chi connectivity index (χ3n) is 2.03. The summed E-state index contributed by atoms with van der Waals surface area (Å²) in [7, 11) is 0. The van der Waals surface area contributed by atoms with Gasteiger partial charge in [-0.05, 0) is 13.0 Å². The summed E-state index contributed by atoms with van der Waals surface area (Å²) in [6.45, 7) is 1.85. The zero-order valence-electron chi connectivity index (χ0n) is 9.10. The number of aryl methyl sites for hydroxylation is 1. The van der Waals surface area contributed by atoms with Crippen molar-refractivity contribution in [2.24, 2.45) is 5.84 Å². The summed E-state index contributed by atoms with van der Waals surface area (Å²) >= 11 is 1.38. The summed E-state index contributed by atoms with van der Waals surface area (Å²) < 4.78 is 10.2. The first-order chi connectivity index (χ1) is 8.20. The molecule has 0 aliphatic carbocycles. The summed E-state index contributed by atoms with van der Waals surface area (Å²) in [5.74, 6) is 5.33. The molecule has 0 aliphatic rings. The monoisotopic (exact) mass is 253 g/mol. The molecular weight excluding hydrogens is 242 g/mol. The summed E-state index contributed by atoms with van der Waals surface area (Å²) in [5, 5.41) is 0.558. The summed E-state index contributed by atoms with van der Waals surface area (Å²) in [4.78, 5) is 15.5. The van der Waals surface area contributed by atoms with Gasteiger partial charge in [0, 0.05) is 11.3 Å². The summed E-state index contributed by atoms with van der Waals surface area (Å²) in [6.07, 6.45) is 3.02. The maximum Gasteiger partial charge on any atom is 0.301 e. The molecular formula is C10H11N3O3S. The molecule has 2 heterocycles. The first-order valence-electron chi connectivity index (χ1n) is 4.83. The highest BCUT2D eigenvalue weighted by atomic mass is 32.2. The molecule has 0 radical (unpaired) electrons. The second kappa shape index (κ2) is 5.07. The normalized spacial score (nSPS) is 10.5. The first-order valence-corrected chi connectivity index (χ1v) is 5.81. The molecule has 6 nitrogen and oxygen atoms in total. The molecule has 2 rings (SSSR count). The van der Waals surface area contributed by atoms with Crippen molar-refractivity contribution >= 4 is 17.7 Å². The zero-order valence-corrected chi connectivity index (χ0v) is 9.91. The van der Waals surface area contributed by atoms with E-state index in [-0.39, 0.29) is 5.76 Å². The average molecular weight is 253 g/mol. The van der Waals surface area contributed by atoms with Gasteiger partial charge in [-0.15, -0.1) is 0 Å². The highest BCUT2D eigenvalue weighted by Gasteiger charge is 2.15. The third-order valence-corrected chi connectivity index (χ3v) is 2.92. The number of oxazole rings is 1. The van der Waals surface area contributed by atoms with Gasteiger partial charge in [0.1, 0.15) is 6.26 Å². The molecule has 0 fully saturated rings. The van der Waals surface area contributed by atoms with Crippen LogP contribution in [0, 0.1) is 6.92 Å². The fourth-order valence-electron chi connectivity index (χ4n) is 1.25. The lowest BCUT2D eigenvalue weighted by Crippen LogP contribution is -2.30. The highest BCUT2D eigenvalue weighted by molar-refractivity contribution is 7.98. The number of hydrogen-bond acceptors (Lipinski definition) is 6. The number of aromatic nitrogens is 1. The van der Waals surface area contributed by atoms with Crippen LogP contribution in [0.25, 0.3) is 0 Å². The number of thioether (sulfide) groups is 1. The SMILES string of the molecule is Cc1coc(SCc2ccoc2C(=O)NN)n1. The van der Waals surface area contributed by atoms with Crippen LogP contribution in [0.15, 0.2) is 32.6 Å². The molecule has 2 aromatic heterocycles. The molecule has 90 valence electrons. The van der Waals surface area contributed by atoms with Crippen molar-refractivity contribution in [3.8, 4) is 0 Å². The van der Waals surface area contributed by atoms with Crippen molar-refractivity contribution in [1.82, 2.24) is 10.4 Å². The zero-order chi connectivity index (χ0) is 12.3. The fourth-order valence-corrected chi connectivity index (χ4v) is 2.08. The minimum atomic E-state index is -0.450. The van der Waals surface area contributed by atoms with Gasteiger partial charge in [0.15, 0.2) is 5.76 Å². The van der Waals surface area contributed by atoms with Gasteiger partial charge < -0.3 is 8.83 Å². The van der Waals surface area contributed by atoms with E-state index in [0.717, 1.165) is 11.3 Å². The molecule has 1 amide bonds. The maximum absolute atomic E-state index is 11.3. The summed E-state index contributed by atoms with van der Waals surface area (Å²) in [6, 6.07) is 1.72. The highest BCUT2D eigenvalue weighted by Crippen LogP contribution is 2.24. The van der Waals surface area contributed by atoms with E-state index in [4.69, 9.17) is 14.7 Å². The maximum atomic E-state index is 11.3. The number of nitrogen functional groups attached to an aromatic ring is 1. The number of rotatable bonds is 4. The molecule has 0 saturated heterocycles. The molecule has 0 unspecified atom stereocenters. The Morgan fingerprint density at radius 2 is 2.41 bits per heavy atom. The van der Waals surface area contributed by atoms with E-state index in [2.05, 4.69) is 4.98 Å². The molecule has 0 atom stereocenters. The summed E-state index contributed by atoms with van der Waals surface area (Å²) in [5.41, 5.74) is 3.59. The van der Waals surface area contributed by atoms with Gasteiger partial charge >= 0.3 is 5.91 Å². The Morgan fingerprint density at radius 3 is 3.06 bits per heavy atom. The largest absolute Gasteiger partial charge is 0.459 e. The fraction of sp³-hybridized carbons (Fsp3) is 0.200. The van der Waals surface area contributed by atoms with Gasteiger partial charge in [-0.25, -0.2) is 10.8 Å². The minimum absolute atomic E-state index is 0.211. The number of amides is 1. The van der Waals surface area contributed by atoms with Crippen molar-refractivity contribution in [2.75, 3.05) is 0 Å². The predicted octanol–water partition coefficient (Wildman–Crippen LogP) is 1.47. The van der Waals surface area contributed by atoms with Crippen LogP contribution < -0.4 is 11.3 Å². The second-order valence-corrected chi connectivity index (χ2v) is 4.22. The number of carbonyl (C=O) groups is 1. The molecule has 7 heteroatoms. The average Bonchev–Trinajstić information content (AvgIpc) is 2.94. The van der Waals surface area contributed by atoms with Gasteiger partial charge in [0.05, 0.1) is 12.0 Å². The number of furan rings is 1. The van der Waals surface area contributed by atoms with Crippen LogP contribution in [0.3, 0.4) is 0 Å². The predicted molar refractivity (Wildman–Crippen MR) is 61.2 cm³/mol. The van der Waals surface area contributed by atoms with Crippen molar-refractivity contribution < 1.29 is 13.6 Å². The van der Waals surface area contributed by atoms with Gasteiger partial charge in [-0.3, -0.25) is 10.2 Å². The Morgan fingerprint density at radius 1 is 1.59 bits per heavy atom. The molecule has 0 bridgehead atoms. The Bertz CT molecular complexity index is 520. The number of hydrazine groups is 1. The smallest absolute Gasteiger partial charge is 0.301 e. The molecule has 0 spiro atoms. The molecule has 2 aromatic rings. The first kappa shape index (κ1) is 11.7. The lowest BCUT2D eigenvalue weighted by Gasteiger charge is -1.99. The Balaban J connectivity index is 2.04. The van der Waals surface area contributed by atoms with E-state index in [1.54, 1.807) is 12.3 Å². The number of nitrogens with two attached hydrogens (primary N) is 1. The second-order valence-electron chi connectivity index (χ2n) is 3.29. The molecule has 0 aliphatic heterocycles. The van der Waals surface area contributed by atoms with E-state index in [9.17, 15) is 4.79 Å². The van der Waals surface area contributed by atoms with Crippen LogP contribution in [0.5, 0.6) is 0 Å². The van der Waals surface area contributed by atoms with Gasteiger partial charge in [-0.1, -0.05) is 11.8 Å². The number of hydrogen-bond donors (Lipinski definition) is 2. The Labute approximate surface area is 102 Å². The molecule has 0 saturated carbocycles.